The molecule has 7 heteroatoms. The fourth-order valence-electron chi connectivity index (χ4n) is 3.25. The van der Waals surface area contributed by atoms with Gasteiger partial charge in [0.25, 0.3) is 5.56 Å². The maximum atomic E-state index is 14.7. The Labute approximate surface area is 156 Å². The fraction of sp³-hybridized carbons (Fsp3) is 0.300. The number of hydrogen-bond acceptors (Lipinski definition) is 5. The van der Waals surface area contributed by atoms with Crippen molar-refractivity contribution >= 4 is 11.8 Å². The molecule has 1 N–H and O–H groups in total. The van der Waals surface area contributed by atoms with Gasteiger partial charge in [-0.05, 0) is 32.9 Å². The van der Waals surface area contributed by atoms with Gasteiger partial charge in [-0.15, -0.1) is 0 Å². The number of nitrogens with zero attached hydrogens (tertiary/aromatic N) is 1. The largest absolute Gasteiger partial charge is 0.513 e. The summed E-state index contributed by atoms with van der Waals surface area (Å²) in [4.78, 5) is 24.9. The van der Waals surface area contributed by atoms with Crippen LogP contribution in [0.5, 0.6) is 0 Å². The molecule has 2 heterocycles. The number of benzene rings is 1. The maximum Gasteiger partial charge on any atom is 0.513 e. The topological polar surface area (TPSA) is 69.6 Å². The molecule has 0 amide bonds. The Morgan fingerprint density at radius 2 is 1.96 bits per heavy atom. The van der Waals surface area contributed by atoms with Crippen molar-refractivity contribution in [2.24, 2.45) is 0 Å². The first-order valence-corrected chi connectivity index (χ1v) is 8.58. The predicted molar refractivity (Wildman–Crippen MR) is 99.1 cm³/mol. The van der Waals surface area contributed by atoms with Gasteiger partial charge in [0.1, 0.15) is 11.6 Å². The SMILES string of the molecule is COC(=O)OC1=C(C)Nc2ccn(C(C)C)c(=O)c2C1c1ccccc1F. The normalized spacial score (nSPS) is 16.0. The molecule has 0 saturated heterocycles. The summed E-state index contributed by atoms with van der Waals surface area (Å²) < 4.78 is 26.1. The number of anilines is 1. The highest BCUT2D eigenvalue weighted by molar-refractivity contribution is 5.67. The van der Waals surface area contributed by atoms with Crippen LogP contribution in [0.1, 0.15) is 43.9 Å². The van der Waals surface area contributed by atoms with Crippen LogP contribution in [0, 0.1) is 5.82 Å². The van der Waals surface area contributed by atoms with Crippen molar-refractivity contribution in [3.63, 3.8) is 0 Å². The Balaban J connectivity index is 2.29. The number of nitrogens with one attached hydrogen (secondary N) is 1. The van der Waals surface area contributed by atoms with E-state index in [1.165, 1.54) is 13.2 Å². The van der Waals surface area contributed by atoms with Gasteiger partial charge in [-0.2, -0.15) is 0 Å². The smallest absolute Gasteiger partial charge is 0.437 e. The van der Waals surface area contributed by atoms with Crippen LogP contribution < -0.4 is 10.9 Å². The third-order valence-corrected chi connectivity index (χ3v) is 4.53. The zero-order chi connectivity index (χ0) is 19.7. The van der Waals surface area contributed by atoms with Gasteiger partial charge in [-0.25, -0.2) is 9.18 Å². The van der Waals surface area contributed by atoms with E-state index in [9.17, 15) is 14.0 Å². The van der Waals surface area contributed by atoms with E-state index in [1.807, 2.05) is 13.8 Å². The van der Waals surface area contributed by atoms with Gasteiger partial charge in [0.2, 0.25) is 0 Å². The van der Waals surface area contributed by atoms with Gasteiger partial charge in [0.05, 0.1) is 24.3 Å². The molecule has 0 bridgehead atoms. The number of allylic oxidation sites excluding steroid dienone is 2. The quantitative estimate of drug-likeness (QED) is 0.820. The van der Waals surface area contributed by atoms with Gasteiger partial charge in [0.15, 0.2) is 0 Å². The molecule has 0 saturated carbocycles. The first-order valence-electron chi connectivity index (χ1n) is 8.58. The lowest BCUT2D eigenvalue weighted by atomic mass is 9.85. The van der Waals surface area contributed by atoms with E-state index < -0.39 is 17.9 Å². The number of carbonyl (C=O) groups excluding carboxylic acids is 1. The van der Waals surface area contributed by atoms with E-state index in [0.29, 0.717) is 16.9 Å². The molecule has 1 aromatic carbocycles. The number of methoxy groups -OCH3 is 1. The molecule has 0 fully saturated rings. The number of rotatable bonds is 3. The molecule has 0 aliphatic carbocycles. The molecule has 0 spiro atoms. The molecule has 6 nitrogen and oxygen atoms in total. The summed E-state index contributed by atoms with van der Waals surface area (Å²) in [5.41, 5.74) is 1.35. The van der Waals surface area contributed by atoms with Crippen LogP contribution in [0.2, 0.25) is 0 Å². The van der Waals surface area contributed by atoms with Crippen molar-refractivity contribution in [2.75, 3.05) is 12.4 Å². The van der Waals surface area contributed by atoms with Crippen LogP contribution in [-0.4, -0.2) is 17.8 Å². The molecule has 142 valence electrons. The monoisotopic (exact) mass is 372 g/mol. The zero-order valence-electron chi connectivity index (χ0n) is 15.6. The Bertz CT molecular complexity index is 978. The molecule has 3 rings (SSSR count). The number of carbonyl (C=O) groups is 1. The summed E-state index contributed by atoms with van der Waals surface area (Å²) in [6.07, 6.45) is 0.757. The first-order chi connectivity index (χ1) is 12.8. The van der Waals surface area contributed by atoms with Crippen molar-refractivity contribution in [3.8, 4) is 0 Å². The lowest BCUT2D eigenvalue weighted by Gasteiger charge is -2.30. The van der Waals surface area contributed by atoms with E-state index in [1.54, 1.807) is 42.0 Å². The Kier molecular flexibility index (Phi) is 5.03. The third-order valence-electron chi connectivity index (χ3n) is 4.53. The molecule has 1 unspecified atom stereocenters. The number of fused-ring (bicyclic) bond motifs is 1. The minimum atomic E-state index is -0.934. The van der Waals surface area contributed by atoms with E-state index in [-0.39, 0.29) is 22.9 Å². The average Bonchev–Trinajstić information content (AvgIpc) is 2.63. The van der Waals surface area contributed by atoms with Crippen LogP contribution in [0.15, 0.2) is 52.8 Å². The summed E-state index contributed by atoms with van der Waals surface area (Å²) in [5, 5.41) is 3.08. The zero-order valence-corrected chi connectivity index (χ0v) is 15.6. The van der Waals surface area contributed by atoms with Gasteiger partial charge in [-0.3, -0.25) is 4.79 Å². The van der Waals surface area contributed by atoms with Gasteiger partial charge in [0, 0.05) is 23.5 Å². The van der Waals surface area contributed by atoms with Gasteiger partial charge in [-0.1, -0.05) is 18.2 Å². The number of pyridine rings is 1. The molecule has 1 atom stereocenters. The van der Waals surface area contributed by atoms with Crippen LogP contribution >= 0.6 is 0 Å². The molecule has 1 aliphatic heterocycles. The molecule has 27 heavy (non-hydrogen) atoms. The van der Waals surface area contributed by atoms with Crippen molar-refractivity contribution in [1.29, 1.82) is 0 Å². The third kappa shape index (κ3) is 3.32. The molecular weight excluding hydrogens is 351 g/mol. The summed E-state index contributed by atoms with van der Waals surface area (Å²) in [6, 6.07) is 7.82. The highest BCUT2D eigenvalue weighted by Crippen LogP contribution is 2.41. The van der Waals surface area contributed by atoms with E-state index >= 15 is 0 Å². The molecule has 1 aliphatic rings. The van der Waals surface area contributed by atoms with E-state index in [4.69, 9.17) is 4.74 Å². The van der Waals surface area contributed by atoms with Crippen molar-refractivity contribution < 1.29 is 18.7 Å². The minimum Gasteiger partial charge on any atom is -0.437 e. The van der Waals surface area contributed by atoms with Crippen LogP contribution in [0.3, 0.4) is 0 Å². The Hall–Kier alpha value is -3.09. The number of halogens is 1. The van der Waals surface area contributed by atoms with Crippen molar-refractivity contribution in [1.82, 2.24) is 4.57 Å². The second kappa shape index (κ2) is 7.26. The van der Waals surface area contributed by atoms with E-state index in [2.05, 4.69) is 10.1 Å². The molecule has 0 radical (unpaired) electrons. The number of hydrogen-bond donors (Lipinski definition) is 1. The number of aromatic nitrogens is 1. The average molecular weight is 372 g/mol. The van der Waals surface area contributed by atoms with Crippen molar-refractivity contribution in [2.45, 2.75) is 32.7 Å². The predicted octanol–water partition coefficient (Wildman–Crippen LogP) is 4.14. The van der Waals surface area contributed by atoms with Gasteiger partial charge < -0.3 is 19.4 Å². The van der Waals surface area contributed by atoms with Crippen LogP contribution in [-0.2, 0) is 9.47 Å². The molecule has 1 aromatic heterocycles. The maximum absolute atomic E-state index is 14.7. The molecule has 2 aromatic rings. The van der Waals surface area contributed by atoms with E-state index in [0.717, 1.165) is 0 Å². The standard InChI is InChI=1S/C20H21FN2O4/c1-11(2)23-10-9-15-17(19(23)24)16(13-7-5-6-8-14(13)21)18(12(3)22-15)27-20(25)26-4/h5-11,16,22H,1-4H3. The summed E-state index contributed by atoms with van der Waals surface area (Å²) in [6.45, 7) is 5.47. The van der Waals surface area contributed by atoms with Crippen LogP contribution in [0.4, 0.5) is 14.9 Å². The van der Waals surface area contributed by atoms with Crippen molar-refractivity contribution in [3.05, 3.63) is 75.3 Å². The highest BCUT2D eigenvalue weighted by atomic mass is 19.1. The highest BCUT2D eigenvalue weighted by Gasteiger charge is 2.35. The second-order valence-corrected chi connectivity index (χ2v) is 6.57. The lowest BCUT2D eigenvalue weighted by Crippen LogP contribution is -2.32. The lowest BCUT2D eigenvalue weighted by molar-refractivity contribution is 0.0927. The summed E-state index contributed by atoms with van der Waals surface area (Å²) in [5.74, 6) is -1.23. The number of ether oxygens (including phenoxy) is 2. The molecular formula is C20H21FN2O4. The fourth-order valence-corrected chi connectivity index (χ4v) is 3.25. The second-order valence-electron chi connectivity index (χ2n) is 6.57. The van der Waals surface area contributed by atoms with Gasteiger partial charge >= 0.3 is 6.16 Å². The summed E-state index contributed by atoms with van der Waals surface area (Å²) >= 11 is 0. The Morgan fingerprint density at radius 3 is 2.59 bits per heavy atom. The summed E-state index contributed by atoms with van der Waals surface area (Å²) in [7, 11) is 1.19. The van der Waals surface area contributed by atoms with Crippen LogP contribution in [0.25, 0.3) is 0 Å². The first kappa shape index (κ1) is 18.7. The minimum absolute atomic E-state index is 0.0824. The Morgan fingerprint density at radius 1 is 1.26 bits per heavy atom.